The van der Waals surface area contributed by atoms with Gasteiger partial charge in [0.2, 0.25) is 0 Å². The van der Waals surface area contributed by atoms with Gasteiger partial charge in [0.15, 0.2) is 5.65 Å². The van der Waals surface area contributed by atoms with E-state index in [0.717, 1.165) is 11.3 Å². The van der Waals surface area contributed by atoms with Gasteiger partial charge in [0, 0.05) is 30.8 Å². The lowest BCUT2D eigenvalue weighted by atomic mass is 10.0. The Bertz CT molecular complexity index is 1100. The van der Waals surface area contributed by atoms with Gasteiger partial charge in [0.25, 0.3) is 6.01 Å². The molecule has 4 heterocycles. The third kappa shape index (κ3) is 4.25. The number of benzene rings is 1. The number of imidazole rings is 1. The quantitative estimate of drug-likeness (QED) is 0.535. The molecule has 4 atom stereocenters. The van der Waals surface area contributed by atoms with Gasteiger partial charge < -0.3 is 29.6 Å². The number of hydrogen-bond donors (Lipinski definition) is 3. The molecule has 8 nitrogen and oxygen atoms in total. The van der Waals surface area contributed by atoms with Crippen LogP contribution in [0.5, 0.6) is 6.01 Å². The van der Waals surface area contributed by atoms with Crippen molar-refractivity contribution in [2.24, 2.45) is 0 Å². The maximum atomic E-state index is 13.5. The first kappa shape index (κ1) is 21.4. The molecule has 2 aliphatic heterocycles. The Morgan fingerprint density at radius 2 is 2.09 bits per heavy atom. The average molecular weight is 463 g/mol. The molecule has 1 unspecified atom stereocenters. The SMILES string of the molecule is OC[C@H]1OC[C@H](Oc2nc3nc(-c4ccc(N5CCC(F)C5)cc4)c(Cl)cc3[nH]2)C[C@@H]1O. The molecule has 2 aliphatic rings. The molecule has 1 aromatic carbocycles. The number of halogens is 2. The third-order valence-electron chi connectivity index (χ3n) is 5.93. The summed E-state index contributed by atoms with van der Waals surface area (Å²) in [5.41, 5.74) is 3.48. The van der Waals surface area contributed by atoms with Gasteiger partial charge in [0.05, 0.1) is 35.6 Å². The van der Waals surface area contributed by atoms with Crippen molar-refractivity contribution in [2.45, 2.75) is 37.3 Å². The summed E-state index contributed by atoms with van der Waals surface area (Å²) in [4.78, 5) is 14.1. The molecule has 0 radical (unpaired) electrons. The van der Waals surface area contributed by atoms with Gasteiger partial charge in [-0.15, -0.1) is 0 Å². The second kappa shape index (κ2) is 8.82. The van der Waals surface area contributed by atoms with Gasteiger partial charge in [-0.05, 0) is 24.6 Å². The Labute approximate surface area is 189 Å². The van der Waals surface area contributed by atoms with Crippen molar-refractivity contribution < 1.29 is 24.1 Å². The fourth-order valence-corrected chi connectivity index (χ4v) is 4.44. The van der Waals surface area contributed by atoms with Gasteiger partial charge in [-0.1, -0.05) is 23.7 Å². The number of aliphatic hydroxyl groups is 2. The lowest BCUT2D eigenvalue weighted by molar-refractivity contribution is -0.131. The molecule has 170 valence electrons. The van der Waals surface area contributed by atoms with Crippen molar-refractivity contribution in [3.8, 4) is 17.3 Å². The maximum absolute atomic E-state index is 13.5. The van der Waals surface area contributed by atoms with E-state index in [-0.39, 0.29) is 19.2 Å². The topological polar surface area (TPSA) is 104 Å². The van der Waals surface area contributed by atoms with Gasteiger partial charge >= 0.3 is 0 Å². The predicted octanol–water partition coefficient (Wildman–Crippen LogP) is 2.72. The van der Waals surface area contributed by atoms with E-state index in [4.69, 9.17) is 21.1 Å². The first-order valence-electron chi connectivity index (χ1n) is 10.6. The number of alkyl halides is 1. The standard InChI is InChI=1S/C22H24ClFN4O4/c23-16-8-17-21(27-22(25-17)32-15-7-18(30)19(10-29)31-11-15)26-20(16)12-1-3-14(4-2-12)28-6-5-13(24)9-28/h1-4,8,13,15,18-19,29-30H,5-7,9-11H2,(H,25,26,27)/t13?,15-,18+,19-/m1/s1. The summed E-state index contributed by atoms with van der Waals surface area (Å²) in [5.74, 6) is 0. The highest BCUT2D eigenvalue weighted by Crippen LogP contribution is 2.32. The molecular formula is C22H24ClFN4O4. The normalized spacial score (nSPS) is 26.1. The highest BCUT2D eigenvalue weighted by molar-refractivity contribution is 6.33. The zero-order valence-corrected chi connectivity index (χ0v) is 18.0. The number of anilines is 1. The van der Waals surface area contributed by atoms with Crippen molar-refractivity contribution in [3.63, 3.8) is 0 Å². The van der Waals surface area contributed by atoms with Crippen molar-refractivity contribution in [1.82, 2.24) is 15.0 Å². The lowest BCUT2D eigenvalue weighted by Gasteiger charge is -2.31. The number of ether oxygens (including phenoxy) is 2. The van der Waals surface area contributed by atoms with E-state index in [1.165, 1.54) is 0 Å². The Hall–Kier alpha value is -2.46. The highest BCUT2D eigenvalue weighted by Gasteiger charge is 2.31. The van der Waals surface area contributed by atoms with E-state index in [0.29, 0.717) is 47.8 Å². The minimum absolute atomic E-state index is 0.237. The Balaban J connectivity index is 1.33. The van der Waals surface area contributed by atoms with Crippen LogP contribution in [-0.2, 0) is 4.74 Å². The number of fused-ring (bicyclic) bond motifs is 1. The summed E-state index contributed by atoms with van der Waals surface area (Å²) < 4.78 is 24.7. The number of H-pyrrole nitrogens is 1. The molecule has 0 aliphatic carbocycles. The fraction of sp³-hybridized carbons (Fsp3) is 0.455. The Morgan fingerprint density at radius 3 is 2.78 bits per heavy atom. The van der Waals surface area contributed by atoms with Crippen LogP contribution >= 0.6 is 11.6 Å². The first-order chi connectivity index (χ1) is 15.5. The van der Waals surface area contributed by atoms with E-state index >= 15 is 0 Å². The van der Waals surface area contributed by atoms with E-state index in [9.17, 15) is 14.6 Å². The smallest absolute Gasteiger partial charge is 0.296 e. The van der Waals surface area contributed by atoms with Crippen LogP contribution in [0.2, 0.25) is 5.02 Å². The van der Waals surface area contributed by atoms with Crippen LogP contribution in [0, 0.1) is 0 Å². The van der Waals surface area contributed by atoms with Crippen LogP contribution in [0.3, 0.4) is 0 Å². The summed E-state index contributed by atoms with van der Waals surface area (Å²) >= 11 is 6.49. The zero-order chi connectivity index (χ0) is 22.2. The molecule has 0 bridgehead atoms. The largest absolute Gasteiger partial charge is 0.459 e. The van der Waals surface area contributed by atoms with Gasteiger partial charge in [0.1, 0.15) is 18.4 Å². The second-order valence-corrected chi connectivity index (χ2v) is 8.62. The van der Waals surface area contributed by atoms with Crippen LogP contribution in [0.4, 0.5) is 10.1 Å². The summed E-state index contributed by atoms with van der Waals surface area (Å²) in [5, 5.41) is 19.7. The van der Waals surface area contributed by atoms with Crippen LogP contribution in [0.1, 0.15) is 12.8 Å². The Morgan fingerprint density at radius 1 is 1.28 bits per heavy atom. The molecule has 0 spiro atoms. The van der Waals surface area contributed by atoms with E-state index in [2.05, 4.69) is 15.0 Å². The molecule has 0 amide bonds. The summed E-state index contributed by atoms with van der Waals surface area (Å²) in [6, 6.07) is 9.74. The first-order valence-corrected chi connectivity index (χ1v) is 11.0. The molecule has 2 aromatic heterocycles. The average Bonchev–Trinajstić information content (AvgIpc) is 3.38. The van der Waals surface area contributed by atoms with Gasteiger partial charge in [-0.25, -0.2) is 9.37 Å². The number of pyridine rings is 1. The molecule has 3 N–H and O–H groups in total. The van der Waals surface area contributed by atoms with Gasteiger partial charge in [-0.3, -0.25) is 0 Å². The van der Waals surface area contributed by atoms with Crippen LogP contribution in [-0.4, -0.2) is 76.0 Å². The number of aliphatic hydroxyl groups excluding tert-OH is 2. The number of nitrogens with one attached hydrogen (secondary N) is 1. The molecule has 3 aromatic rings. The van der Waals surface area contributed by atoms with E-state index < -0.39 is 24.5 Å². The minimum atomic E-state index is -0.804. The summed E-state index contributed by atoms with van der Waals surface area (Å²) in [6.07, 6.45) is -1.68. The minimum Gasteiger partial charge on any atom is -0.459 e. The van der Waals surface area contributed by atoms with E-state index in [1.807, 2.05) is 29.2 Å². The third-order valence-corrected chi connectivity index (χ3v) is 6.22. The number of hydrogen-bond acceptors (Lipinski definition) is 7. The van der Waals surface area contributed by atoms with Crippen molar-refractivity contribution in [2.75, 3.05) is 31.2 Å². The summed E-state index contributed by atoms with van der Waals surface area (Å²) in [6.45, 7) is 1.14. The molecule has 2 fully saturated rings. The highest BCUT2D eigenvalue weighted by atomic mass is 35.5. The summed E-state index contributed by atoms with van der Waals surface area (Å²) in [7, 11) is 0. The monoisotopic (exact) mass is 462 g/mol. The number of nitrogens with zero attached hydrogens (tertiary/aromatic N) is 3. The number of aromatic amines is 1. The van der Waals surface area contributed by atoms with Crippen LogP contribution in [0.25, 0.3) is 22.4 Å². The number of aromatic nitrogens is 3. The van der Waals surface area contributed by atoms with Crippen molar-refractivity contribution in [3.05, 3.63) is 35.4 Å². The predicted molar refractivity (Wildman–Crippen MR) is 118 cm³/mol. The molecule has 32 heavy (non-hydrogen) atoms. The molecule has 2 saturated heterocycles. The van der Waals surface area contributed by atoms with Gasteiger partial charge in [-0.2, -0.15) is 4.98 Å². The Kier molecular flexibility index (Phi) is 5.90. The lowest BCUT2D eigenvalue weighted by Crippen LogP contribution is -2.45. The van der Waals surface area contributed by atoms with Crippen LogP contribution in [0.15, 0.2) is 30.3 Å². The van der Waals surface area contributed by atoms with Crippen LogP contribution < -0.4 is 9.64 Å². The number of rotatable bonds is 5. The zero-order valence-electron chi connectivity index (χ0n) is 17.2. The molecular weight excluding hydrogens is 439 g/mol. The van der Waals surface area contributed by atoms with Crippen molar-refractivity contribution >= 4 is 28.5 Å². The maximum Gasteiger partial charge on any atom is 0.296 e. The molecule has 0 saturated carbocycles. The molecule has 10 heteroatoms. The van der Waals surface area contributed by atoms with E-state index in [1.54, 1.807) is 6.07 Å². The fourth-order valence-electron chi connectivity index (χ4n) is 4.18. The van der Waals surface area contributed by atoms with Crippen molar-refractivity contribution in [1.29, 1.82) is 0 Å². The second-order valence-electron chi connectivity index (χ2n) is 8.21. The molecule has 5 rings (SSSR count).